The van der Waals surface area contributed by atoms with E-state index in [1.54, 1.807) is 12.1 Å². The van der Waals surface area contributed by atoms with Crippen molar-refractivity contribution in [2.24, 2.45) is 5.73 Å². The van der Waals surface area contributed by atoms with Crippen LogP contribution in [0.5, 0.6) is 0 Å². The number of benzene rings is 1. The molecule has 132 valence electrons. The number of rotatable bonds is 7. The van der Waals surface area contributed by atoms with Crippen LogP contribution < -0.4 is 11.1 Å². The smallest absolute Gasteiger partial charge is 0.224 e. The number of aryl methyl sites for hydroxylation is 2. The third kappa shape index (κ3) is 5.29. The highest BCUT2D eigenvalue weighted by atomic mass is 32.2. The van der Waals surface area contributed by atoms with Gasteiger partial charge in [-0.3, -0.25) is 9.59 Å². The molecule has 3 N–H and O–H groups in total. The van der Waals surface area contributed by atoms with Crippen LogP contribution in [0.25, 0.3) is 0 Å². The van der Waals surface area contributed by atoms with Crippen LogP contribution in [0.4, 0.5) is 5.69 Å². The van der Waals surface area contributed by atoms with Gasteiger partial charge in [-0.25, -0.2) is 9.97 Å². The molecule has 0 spiro atoms. The van der Waals surface area contributed by atoms with E-state index in [0.29, 0.717) is 24.1 Å². The van der Waals surface area contributed by atoms with E-state index >= 15 is 0 Å². The van der Waals surface area contributed by atoms with Crippen molar-refractivity contribution >= 4 is 29.3 Å². The fourth-order valence-corrected chi connectivity index (χ4v) is 3.05. The minimum Gasteiger partial charge on any atom is -0.369 e. The first-order valence-electron chi connectivity index (χ1n) is 7.95. The van der Waals surface area contributed by atoms with Crippen LogP contribution in [0.3, 0.4) is 0 Å². The topological polar surface area (TPSA) is 98.0 Å². The zero-order chi connectivity index (χ0) is 18.4. The lowest BCUT2D eigenvalue weighted by Gasteiger charge is -2.12. The number of amides is 2. The number of thioether (sulfide) groups is 1. The summed E-state index contributed by atoms with van der Waals surface area (Å²) in [5.74, 6) is -0.552. The van der Waals surface area contributed by atoms with Crippen LogP contribution in [0.15, 0.2) is 29.4 Å². The van der Waals surface area contributed by atoms with Crippen LogP contribution >= 0.6 is 11.8 Å². The second-order valence-electron chi connectivity index (χ2n) is 5.71. The Kier molecular flexibility index (Phi) is 6.52. The number of hydrogen-bond acceptors (Lipinski definition) is 5. The van der Waals surface area contributed by atoms with Gasteiger partial charge in [-0.2, -0.15) is 0 Å². The summed E-state index contributed by atoms with van der Waals surface area (Å²) in [6.07, 6.45) is 2.91. The Balaban J connectivity index is 2.04. The predicted molar refractivity (Wildman–Crippen MR) is 99.6 cm³/mol. The van der Waals surface area contributed by atoms with Gasteiger partial charge < -0.3 is 11.1 Å². The van der Waals surface area contributed by atoms with Crippen molar-refractivity contribution in [2.75, 3.05) is 11.6 Å². The normalized spacial score (nSPS) is 10.5. The number of primary amides is 1. The number of carbonyl (C=O) groups excluding carboxylic acids is 2. The van der Waals surface area contributed by atoms with Gasteiger partial charge in [-0.1, -0.05) is 30.0 Å². The molecule has 0 saturated heterocycles. The Hall–Kier alpha value is -2.41. The molecule has 0 aliphatic heterocycles. The highest BCUT2D eigenvalue weighted by Crippen LogP contribution is 2.19. The molecule has 2 aromatic rings. The highest BCUT2D eigenvalue weighted by Gasteiger charge is 2.12. The first kappa shape index (κ1) is 18.9. The SMILES string of the molecule is CSc1nc(C)c(CCC(=O)Nc2ccccc2CC(N)=O)c(C)n1. The van der Waals surface area contributed by atoms with Crippen molar-refractivity contribution in [3.8, 4) is 0 Å². The second-order valence-corrected chi connectivity index (χ2v) is 6.48. The van der Waals surface area contributed by atoms with E-state index in [1.807, 2.05) is 32.2 Å². The molecule has 2 rings (SSSR count). The van der Waals surface area contributed by atoms with E-state index in [4.69, 9.17) is 5.73 Å². The van der Waals surface area contributed by atoms with Gasteiger partial charge in [0, 0.05) is 23.5 Å². The summed E-state index contributed by atoms with van der Waals surface area (Å²) < 4.78 is 0. The molecular formula is C18H22N4O2S. The van der Waals surface area contributed by atoms with Crippen molar-refractivity contribution < 1.29 is 9.59 Å². The van der Waals surface area contributed by atoms with Crippen LogP contribution in [-0.4, -0.2) is 28.0 Å². The zero-order valence-corrected chi connectivity index (χ0v) is 15.4. The average Bonchev–Trinajstić information content (AvgIpc) is 2.55. The van der Waals surface area contributed by atoms with Gasteiger partial charge in [0.15, 0.2) is 5.16 Å². The predicted octanol–water partition coefficient (Wildman–Crippen LogP) is 2.41. The van der Waals surface area contributed by atoms with E-state index in [9.17, 15) is 9.59 Å². The monoisotopic (exact) mass is 358 g/mol. The fourth-order valence-electron chi connectivity index (χ4n) is 2.60. The Morgan fingerprint density at radius 2 is 1.80 bits per heavy atom. The minimum atomic E-state index is -0.431. The summed E-state index contributed by atoms with van der Waals surface area (Å²) >= 11 is 1.50. The van der Waals surface area contributed by atoms with E-state index in [0.717, 1.165) is 22.1 Å². The number of para-hydroxylation sites is 1. The van der Waals surface area contributed by atoms with Gasteiger partial charge in [0.05, 0.1) is 6.42 Å². The summed E-state index contributed by atoms with van der Waals surface area (Å²) in [6, 6.07) is 7.17. The van der Waals surface area contributed by atoms with Crippen molar-refractivity contribution in [1.82, 2.24) is 9.97 Å². The lowest BCUT2D eigenvalue weighted by atomic mass is 10.1. The highest BCUT2D eigenvalue weighted by molar-refractivity contribution is 7.98. The lowest BCUT2D eigenvalue weighted by Crippen LogP contribution is -2.18. The molecule has 1 aromatic heterocycles. The van der Waals surface area contributed by atoms with Crippen molar-refractivity contribution in [1.29, 1.82) is 0 Å². The molecule has 0 saturated carbocycles. The molecule has 1 aromatic carbocycles. The maximum Gasteiger partial charge on any atom is 0.224 e. The first-order chi connectivity index (χ1) is 11.9. The zero-order valence-electron chi connectivity index (χ0n) is 14.6. The average molecular weight is 358 g/mol. The van der Waals surface area contributed by atoms with E-state index in [-0.39, 0.29) is 12.3 Å². The number of anilines is 1. The molecule has 6 nitrogen and oxygen atoms in total. The number of hydrogen-bond donors (Lipinski definition) is 2. The van der Waals surface area contributed by atoms with Gasteiger partial charge >= 0.3 is 0 Å². The van der Waals surface area contributed by atoms with E-state index in [2.05, 4.69) is 15.3 Å². The van der Waals surface area contributed by atoms with Gasteiger partial charge in [0.25, 0.3) is 0 Å². The number of nitrogens with one attached hydrogen (secondary N) is 1. The summed E-state index contributed by atoms with van der Waals surface area (Å²) in [5, 5.41) is 3.60. The molecule has 7 heteroatoms. The number of aromatic nitrogens is 2. The molecule has 25 heavy (non-hydrogen) atoms. The Bertz CT molecular complexity index is 769. The molecule has 0 fully saturated rings. The van der Waals surface area contributed by atoms with Crippen molar-refractivity contribution in [3.05, 3.63) is 46.8 Å². The summed E-state index contributed by atoms with van der Waals surface area (Å²) in [7, 11) is 0. The molecule has 0 atom stereocenters. The summed E-state index contributed by atoms with van der Waals surface area (Å²) in [4.78, 5) is 32.3. The molecule has 2 amide bonds. The number of nitrogens with zero attached hydrogens (tertiary/aromatic N) is 2. The van der Waals surface area contributed by atoms with Gasteiger partial charge in [-0.15, -0.1) is 0 Å². The Morgan fingerprint density at radius 3 is 2.40 bits per heavy atom. The standard InChI is InChI=1S/C18H22N4O2S/c1-11-14(12(2)21-18(20-11)25-3)8-9-17(24)22-15-7-5-4-6-13(15)10-16(19)23/h4-7H,8-10H2,1-3H3,(H2,19,23)(H,22,24). The lowest BCUT2D eigenvalue weighted by molar-refractivity contribution is -0.118. The van der Waals surface area contributed by atoms with Crippen molar-refractivity contribution in [2.45, 2.75) is 38.3 Å². The number of carbonyl (C=O) groups is 2. The Morgan fingerprint density at radius 1 is 1.16 bits per heavy atom. The van der Waals surface area contributed by atoms with Crippen LogP contribution in [-0.2, 0) is 22.4 Å². The van der Waals surface area contributed by atoms with E-state index < -0.39 is 5.91 Å². The molecule has 1 heterocycles. The fraction of sp³-hybridized carbons (Fsp3) is 0.333. The Labute approximate surface area is 151 Å². The molecule has 0 aliphatic rings. The summed E-state index contributed by atoms with van der Waals surface area (Å²) in [6.45, 7) is 3.87. The molecule has 0 radical (unpaired) electrons. The van der Waals surface area contributed by atoms with Crippen LogP contribution in [0.2, 0.25) is 0 Å². The molecule has 0 unspecified atom stereocenters. The second kappa shape index (κ2) is 8.62. The molecule has 0 aliphatic carbocycles. The maximum atomic E-state index is 12.3. The molecule has 0 bridgehead atoms. The number of nitrogens with two attached hydrogens (primary N) is 1. The minimum absolute atomic E-state index is 0.0959. The maximum absolute atomic E-state index is 12.3. The molecular weight excluding hydrogens is 336 g/mol. The first-order valence-corrected chi connectivity index (χ1v) is 9.17. The van der Waals surface area contributed by atoms with Crippen LogP contribution in [0.1, 0.15) is 28.9 Å². The van der Waals surface area contributed by atoms with Gasteiger partial charge in [-0.05, 0) is 43.7 Å². The summed E-state index contributed by atoms with van der Waals surface area (Å²) in [5.41, 5.74) is 9.38. The largest absolute Gasteiger partial charge is 0.369 e. The van der Waals surface area contributed by atoms with E-state index in [1.165, 1.54) is 11.8 Å². The quantitative estimate of drug-likeness (QED) is 0.585. The van der Waals surface area contributed by atoms with Gasteiger partial charge in [0.1, 0.15) is 0 Å². The van der Waals surface area contributed by atoms with Crippen molar-refractivity contribution in [3.63, 3.8) is 0 Å². The van der Waals surface area contributed by atoms with Crippen LogP contribution in [0, 0.1) is 13.8 Å². The third-order valence-corrected chi connectivity index (χ3v) is 4.39. The van der Waals surface area contributed by atoms with Gasteiger partial charge in [0.2, 0.25) is 11.8 Å². The third-order valence-electron chi connectivity index (χ3n) is 3.84.